The van der Waals surface area contributed by atoms with E-state index < -0.39 is 0 Å². The molecule has 0 aliphatic heterocycles. The summed E-state index contributed by atoms with van der Waals surface area (Å²) < 4.78 is 2.10. The molecule has 2 aromatic heterocycles. The van der Waals surface area contributed by atoms with Crippen LogP contribution in [-0.2, 0) is 13.1 Å². The molecular formula is C14H21N3S. The molecule has 0 unspecified atom stereocenters. The topological polar surface area (TPSA) is 29.9 Å². The predicted molar refractivity (Wildman–Crippen MR) is 76.7 cm³/mol. The average molecular weight is 263 g/mol. The Balaban J connectivity index is 1.83. The van der Waals surface area contributed by atoms with Gasteiger partial charge in [-0.15, -0.1) is 0 Å². The summed E-state index contributed by atoms with van der Waals surface area (Å²) in [6.07, 6.45) is 4.37. The first-order valence-corrected chi connectivity index (χ1v) is 7.53. The van der Waals surface area contributed by atoms with Crippen LogP contribution in [0, 0.1) is 0 Å². The minimum atomic E-state index is 0.538. The average Bonchev–Trinajstić information content (AvgIpc) is 3.03. The van der Waals surface area contributed by atoms with E-state index >= 15 is 0 Å². The van der Waals surface area contributed by atoms with Gasteiger partial charge in [0.05, 0.1) is 11.7 Å². The number of nitrogens with zero attached hydrogens (tertiary/aromatic N) is 2. The Morgan fingerprint density at radius 3 is 2.78 bits per heavy atom. The third-order valence-corrected chi connectivity index (χ3v) is 3.93. The maximum atomic E-state index is 4.63. The fraction of sp³-hybridized carbons (Fsp3) is 0.500. The third-order valence-electron chi connectivity index (χ3n) is 3.20. The first kappa shape index (κ1) is 13.3. The summed E-state index contributed by atoms with van der Waals surface area (Å²) in [7, 11) is 0. The normalized spacial score (nSPS) is 11.3. The molecule has 0 amide bonds. The number of aromatic nitrogens is 2. The van der Waals surface area contributed by atoms with Gasteiger partial charge in [0, 0.05) is 19.3 Å². The first-order valence-electron chi connectivity index (χ1n) is 6.59. The van der Waals surface area contributed by atoms with Crippen LogP contribution in [-0.4, -0.2) is 9.78 Å². The van der Waals surface area contributed by atoms with Crippen molar-refractivity contribution in [3.05, 3.63) is 40.3 Å². The molecule has 0 saturated carbocycles. The first-order chi connectivity index (χ1) is 8.83. The van der Waals surface area contributed by atoms with E-state index in [1.54, 1.807) is 11.3 Å². The van der Waals surface area contributed by atoms with Gasteiger partial charge in [0.15, 0.2) is 0 Å². The largest absolute Gasteiger partial charge is 0.307 e. The lowest BCUT2D eigenvalue weighted by molar-refractivity contribution is 0.424. The zero-order chi connectivity index (χ0) is 12.8. The second kappa shape index (κ2) is 6.71. The predicted octanol–water partition coefficient (Wildman–Crippen LogP) is 3.60. The highest BCUT2D eigenvalue weighted by molar-refractivity contribution is 7.07. The lowest BCUT2D eigenvalue weighted by atomic mass is 10.2. The second-order valence-electron chi connectivity index (χ2n) is 4.49. The van der Waals surface area contributed by atoms with Crippen LogP contribution in [0.4, 0.5) is 0 Å². The van der Waals surface area contributed by atoms with Gasteiger partial charge < -0.3 is 5.32 Å². The van der Waals surface area contributed by atoms with Crippen LogP contribution in [0.5, 0.6) is 0 Å². The number of hydrogen-bond acceptors (Lipinski definition) is 3. The molecule has 0 radical (unpaired) electrons. The second-order valence-corrected chi connectivity index (χ2v) is 5.27. The molecule has 0 aliphatic rings. The fourth-order valence-electron chi connectivity index (χ4n) is 2.07. The molecule has 0 aliphatic carbocycles. The van der Waals surface area contributed by atoms with E-state index in [-0.39, 0.29) is 0 Å². The quantitative estimate of drug-likeness (QED) is 0.827. The zero-order valence-electron chi connectivity index (χ0n) is 11.1. The monoisotopic (exact) mass is 263 g/mol. The van der Waals surface area contributed by atoms with Crippen LogP contribution in [0.3, 0.4) is 0 Å². The molecular weight excluding hydrogens is 242 g/mol. The van der Waals surface area contributed by atoms with E-state index in [0.29, 0.717) is 6.04 Å². The van der Waals surface area contributed by atoms with Crippen molar-refractivity contribution in [2.24, 2.45) is 0 Å². The molecule has 0 saturated heterocycles. The van der Waals surface area contributed by atoms with Gasteiger partial charge >= 0.3 is 0 Å². The van der Waals surface area contributed by atoms with E-state index in [9.17, 15) is 0 Å². The molecule has 0 spiro atoms. The standard InChI is InChI=1S/C14H21N3S/c1-3-14(4-2)17-7-5-13(16-17)10-15-9-12-6-8-18-11-12/h5-8,11,14-15H,3-4,9-10H2,1-2H3. The highest BCUT2D eigenvalue weighted by Gasteiger charge is 2.07. The van der Waals surface area contributed by atoms with Gasteiger partial charge in [-0.2, -0.15) is 16.4 Å². The highest BCUT2D eigenvalue weighted by atomic mass is 32.1. The van der Waals surface area contributed by atoms with Gasteiger partial charge in [-0.05, 0) is 41.3 Å². The minimum absolute atomic E-state index is 0.538. The van der Waals surface area contributed by atoms with Crippen molar-refractivity contribution in [2.75, 3.05) is 0 Å². The van der Waals surface area contributed by atoms with Gasteiger partial charge in [0.1, 0.15) is 0 Å². The third kappa shape index (κ3) is 3.43. The zero-order valence-corrected chi connectivity index (χ0v) is 11.9. The van der Waals surface area contributed by atoms with Crippen LogP contribution in [0.1, 0.15) is 44.0 Å². The summed E-state index contributed by atoms with van der Waals surface area (Å²) in [6, 6.07) is 4.80. The highest BCUT2D eigenvalue weighted by Crippen LogP contribution is 2.14. The summed E-state index contributed by atoms with van der Waals surface area (Å²) in [5, 5.41) is 12.3. The molecule has 0 fully saturated rings. The summed E-state index contributed by atoms with van der Waals surface area (Å²) in [6.45, 7) is 6.18. The lowest BCUT2D eigenvalue weighted by Gasteiger charge is -2.12. The molecule has 3 nitrogen and oxygen atoms in total. The molecule has 0 bridgehead atoms. The minimum Gasteiger partial charge on any atom is -0.307 e. The summed E-state index contributed by atoms with van der Waals surface area (Å²) in [5.41, 5.74) is 2.47. The Bertz CT molecular complexity index is 443. The van der Waals surface area contributed by atoms with Crippen LogP contribution >= 0.6 is 11.3 Å². The Hall–Kier alpha value is -1.13. The van der Waals surface area contributed by atoms with E-state index in [0.717, 1.165) is 31.6 Å². The lowest BCUT2D eigenvalue weighted by Crippen LogP contribution is -2.14. The smallest absolute Gasteiger partial charge is 0.0762 e. The van der Waals surface area contributed by atoms with Crippen LogP contribution in [0.25, 0.3) is 0 Å². The van der Waals surface area contributed by atoms with Gasteiger partial charge in [-0.25, -0.2) is 0 Å². The van der Waals surface area contributed by atoms with Gasteiger partial charge in [0.2, 0.25) is 0 Å². The van der Waals surface area contributed by atoms with Crippen LogP contribution < -0.4 is 5.32 Å². The summed E-state index contributed by atoms with van der Waals surface area (Å²) >= 11 is 1.74. The van der Waals surface area contributed by atoms with Crippen molar-refractivity contribution in [1.82, 2.24) is 15.1 Å². The van der Waals surface area contributed by atoms with Crippen molar-refractivity contribution in [2.45, 2.75) is 45.8 Å². The number of hydrogen-bond donors (Lipinski definition) is 1. The maximum absolute atomic E-state index is 4.63. The van der Waals surface area contributed by atoms with E-state index in [4.69, 9.17) is 0 Å². The van der Waals surface area contributed by atoms with Crippen molar-refractivity contribution < 1.29 is 0 Å². The van der Waals surface area contributed by atoms with Gasteiger partial charge in [-0.3, -0.25) is 4.68 Å². The molecule has 0 aromatic carbocycles. The molecule has 0 atom stereocenters. The Morgan fingerprint density at radius 2 is 2.11 bits per heavy atom. The summed E-state index contributed by atoms with van der Waals surface area (Å²) in [4.78, 5) is 0. The fourth-order valence-corrected chi connectivity index (χ4v) is 2.73. The number of nitrogens with one attached hydrogen (secondary N) is 1. The van der Waals surface area contributed by atoms with Crippen molar-refractivity contribution in [1.29, 1.82) is 0 Å². The van der Waals surface area contributed by atoms with Crippen LogP contribution in [0.15, 0.2) is 29.1 Å². The number of rotatable bonds is 7. The van der Waals surface area contributed by atoms with Crippen molar-refractivity contribution in [3.8, 4) is 0 Å². The van der Waals surface area contributed by atoms with Crippen molar-refractivity contribution >= 4 is 11.3 Å². The van der Waals surface area contributed by atoms with E-state index in [2.05, 4.69) is 58.0 Å². The molecule has 1 N–H and O–H groups in total. The Morgan fingerprint density at radius 1 is 1.28 bits per heavy atom. The Labute approximate surface area is 113 Å². The molecule has 18 heavy (non-hydrogen) atoms. The van der Waals surface area contributed by atoms with E-state index in [1.807, 2.05) is 0 Å². The molecule has 2 heterocycles. The Kier molecular flexibility index (Phi) is 4.96. The summed E-state index contributed by atoms with van der Waals surface area (Å²) in [5.74, 6) is 0. The SMILES string of the molecule is CCC(CC)n1ccc(CNCc2ccsc2)n1. The molecule has 4 heteroatoms. The molecule has 2 aromatic rings. The van der Waals surface area contributed by atoms with Gasteiger partial charge in [-0.1, -0.05) is 13.8 Å². The number of thiophene rings is 1. The maximum Gasteiger partial charge on any atom is 0.0762 e. The van der Waals surface area contributed by atoms with Gasteiger partial charge in [0.25, 0.3) is 0 Å². The van der Waals surface area contributed by atoms with Crippen molar-refractivity contribution in [3.63, 3.8) is 0 Å². The molecule has 98 valence electrons. The molecule has 2 rings (SSSR count). The van der Waals surface area contributed by atoms with E-state index in [1.165, 1.54) is 5.56 Å². The van der Waals surface area contributed by atoms with Crippen LogP contribution in [0.2, 0.25) is 0 Å².